The summed E-state index contributed by atoms with van der Waals surface area (Å²) in [5.41, 5.74) is -0.104. The number of rotatable bonds is 6. The summed E-state index contributed by atoms with van der Waals surface area (Å²) >= 11 is -5.34. The molecule has 1 rings (SSSR count). The van der Waals surface area contributed by atoms with Gasteiger partial charge in [0.25, 0.3) is 0 Å². The SMILES string of the molecule is CCCS(=O)(=O)O[As](=O)(O)c1ccc(O)c(NC(C)=O)c1. The zero-order valence-electron chi connectivity index (χ0n) is 11.4. The molecular weight excluding hydrogens is 365 g/mol. The Kier molecular flexibility index (Phi) is 5.63. The first kappa shape index (κ1) is 17.8. The number of hydrogen-bond acceptors (Lipinski definition) is 6. The van der Waals surface area contributed by atoms with Crippen LogP contribution in [-0.2, 0) is 21.8 Å². The van der Waals surface area contributed by atoms with Crippen molar-refractivity contribution in [3.63, 3.8) is 0 Å². The van der Waals surface area contributed by atoms with Crippen molar-refractivity contribution in [3.05, 3.63) is 18.2 Å². The first-order valence-electron chi connectivity index (χ1n) is 5.95. The molecule has 1 atom stereocenters. The first-order chi connectivity index (χ1) is 9.57. The van der Waals surface area contributed by atoms with E-state index in [4.69, 9.17) is 0 Å². The molecule has 0 aromatic heterocycles. The summed E-state index contributed by atoms with van der Waals surface area (Å²) in [5, 5.41) is 11.8. The van der Waals surface area contributed by atoms with E-state index < -0.39 is 30.2 Å². The van der Waals surface area contributed by atoms with Gasteiger partial charge in [-0.1, -0.05) is 0 Å². The number of benzene rings is 1. The molecule has 1 aromatic carbocycles. The minimum absolute atomic E-state index is 0.104. The van der Waals surface area contributed by atoms with Crippen molar-refractivity contribution in [2.75, 3.05) is 11.1 Å². The molecule has 0 radical (unpaired) electrons. The van der Waals surface area contributed by atoms with Crippen molar-refractivity contribution in [2.45, 2.75) is 20.3 Å². The van der Waals surface area contributed by atoms with E-state index in [-0.39, 0.29) is 28.0 Å². The first-order valence-corrected chi connectivity index (χ1v) is 10.8. The van der Waals surface area contributed by atoms with E-state index in [2.05, 4.69) is 8.49 Å². The zero-order valence-corrected chi connectivity index (χ0v) is 14.1. The van der Waals surface area contributed by atoms with Gasteiger partial charge in [0, 0.05) is 0 Å². The molecule has 0 heterocycles. The van der Waals surface area contributed by atoms with Crippen LogP contribution in [0.25, 0.3) is 0 Å². The molecule has 0 aliphatic carbocycles. The molecule has 1 amide bonds. The number of amides is 1. The van der Waals surface area contributed by atoms with Crippen LogP contribution < -0.4 is 9.67 Å². The molecule has 0 spiro atoms. The van der Waals surface area contributed by atoms with Crippen LogP contribution in [0.3, 0.4) is 0 Å². The van der Waals surface area contributed by atoms with Gasteiger partial charge < -0.3 is 0 Å². The van der Waals surface area contributed by atoms with Gasteiger partial charge in [0.1, 0.15) is 0 Å². The van der Waals surface area contributed by atoms with Gasteiger partial charge in [0.15, 0.2) is 0 Å². The van der Waals surface area contributed by atoms with E-state index in [0.717, 1.165) is 18.2 Å². The third-order valence-electron chi connectivity index (χ3n) is 2.29. The maximum absolute atomic E-state index is 12.1. The van der Waals surface area contributed by atoms with Gasteiger partial charge in [0.2, 0.25) is 0 Å². The standard InChI is InChI=1S/C11H16AsNO7S/c1-3-6-21(18,19)20-12(16,17)9-4-5-11(15)10(7-9)13-8(2)14/h4-5,7,15H,3,6H2,1-2H3,(H,13,14)(H,16,17). The molecule has 3 N–H and O–H groups in total. The number of nitrogens with one attached hydrogen (secondary N) is 1. The minimum atomic E-state index is -5.34. The summed E-state index contributed by atoms with van der Waals surface area (Å²) in [6, 6.07) is 3.15. The third-order valence-corrected chi connectivity index (χ3v) is 8.28. The average Bonchev–Trinajstić information content (AvgIpc) is 2.29. The van der Waals surface area contributed by atoms with Crippen LogP contribution in [0.2, 0.25) is 0 Å². The van der Waals surface area contributed by atoms with Crippen LogP contribution >= 0.6 is 0 Å². The van der Waals surface area contributed by atoms with Gasteiger partial charge in [-0.15, -0.1) is 0 Å². The Morgan fingerprint density at radius 1 is 1.43 bits per heavy atom. The van der Waals surface area contributed by atoms with Crippen LogP contribution in [0.4, 0.5) is 5.69 Å². The Bertz CT molecular complexity index is 686. The predicted octanol–water partition coefficient (Wildman–Crippen LogP) is -0.324. The van der Waals surface area contributed by atoms with Crippen LogP contribution in [0.5, 0.6) is 5.75 Å². The molecule has 0 aliphatic rings. The average molecular weight is 381 g/mol. The number of anilines is 1. The quantitative estimate of drug-likeness (QED) is 0.455. The summed E-state index contributed by atoms with van der Waals surface area (Å²) in [5.74, 6) is -1.20. The van der Waals surface area contributed by atoms with Crippen LogP contribution in [0.1, 0.15) is 20.3 Å². The second-order valence-electron chi connectivity index (χ2n) is 4.24. The normalized spacial score (nSPS) is 14.4. The van der Waals surface area contributed by atoms with Gasteiger partial charge in [0.05, 0.1) is 0 Å². The Morgan fingerprint density at radius 2 is 2.05 bits per heavy atom. The molecule has 8 nitrogen and oxygen atoms in total. The molecular formula is C11H16AsNO7S. The fourth-order valence-electron chi connectivity index (χ4n) is 1.47. The van der Waals surface area contributed by atoms with Crippen LogP contribution in [0, 0.1) is 0 Å². The van der Waals surface area contributed by atoms with E-state index in [1.807, 2.05) is 0 Å². The second kappa shape index (κ2) is 6.65. The van der Waals surface area contributed by atoms with Crippen molar-refractivity contribution in [2.24, 2.45) is 0 Å². The predicted molar refractivity (Wildman–Crippen MR) is 75.9 cm³/mol. The Labute approximate surface area is 125 Å². The Balaban J connectivity index is 3.14. The molecule has 21 heavy (non-hydrogen) atoms. The van der Waals surface area contributed by atoms with Crippen LogP contribution in [0.15, 0.2) is 18.2 Å². The van der Waals surface area contributed by atoms with E-state index in [0.29, 0.717) is 0 Å². The number of carbonyl (C=O) groups excluding carboxylic acids is 1. The van der Waals surface area contributed by atoms with E-state index in [9.17, 15) is 26.2 Å². The summed E-state index contributed by atoms with van der Waals surface area (Å²) in [6.07, 6.45) is 0.241. The van der Waals surface area contributed by atoms with E-state index in [1.165, 1.54) is 6.92 Å². The second-order valence-corrected chi connectivity index (χ2v) is 10.1. The number of carbonyl (C=O) groups is 1. The van der Waals surface area contributed by atoms with E-state index >= 15 is 0 Å². The third kappa shape index (κ3) is 5.20. The Morgan fingerprint density at radius 3 is 2.57 bits per heavy atom. The van der Waals surface area contributed by atoms with Crippen molar-refractivity contribution in [1.29, 1.82) is 0 Å². The van der Waals surface area contributed by atoms with Crippen molar-refractivity contribution in [3.8, 4) is 5.75 Å². The number of phenolic OH excluding ortho intramolecular Hbond substituents is 1. The summed E-state index contributed by atoms with van der Waals surface area (Å²) in [7, 11) is -4.12. The van der Waals surface area contributed by atoms with Gasteiger partial charge in [-0.05, 0) is 0 Å². The fourth-order valence-corrected chi connectivity index (χ4v) is 6.56. The molecule has 10 heteroatoms. The summed E-state index contributed by atoms with van der Waals surface area (Å²) in [4.78, 5) is 11.0. The molecule has 0 fully saturated rings. The maximum atomic E-state index is 12.1. The molecule has 0 aliphatic heterocycles. The summed E-state index contributed by atoms with van der Waals surface area (Å²) in [6.45, 7) is 2.78. The number of aromatic hydroxyl groups is 1. The molecule has 0 saturated heterocycles. The molecule has 118 valence electrons. The number of hydrogen-bond donors (Lipinski definition) is 3. The topological polar surface area (TPSA) is 130 Å². The summed E-state index contributed by atoms with van der Waals surface area (Å²) < 4.78 is 49.0. The Hall–Kier alpha value is -1.28. The van der Waals surface area contributed by atoms with E-state index in [1.54, 1.807) is 6.92 Å². The number of phenols is 1. The van der Waals surface area contributed by atoms with Crippen molar-refractivity contribution >= 4 is 40.2 Å². The molecule has 0 saturated carbocycles. The monoisotopic (exact) mass is 381 g/mol. The fraction of sp³-hybridized carbons (Fsp3) is 0.364. The van der Waals surface area contributed by atoms with Gasteiger partial charge in [-0.2, -0.15) is 0 Å². The zero-order chi connectivity index (χ0) is 16.3. The molecule has 1 aromatic rings. The van der Waals surface area contributed by atoms with Crippen LogP contribution in [-0.4, -0.2) is 43.5 Å². The molecule has 0 bridgehead atoms. The van der Waals surface area contributed by atoms with Crippen molar-refractivity contribution < 1.29 is 29.3 Å². The van der Waals surface area contributed by atoms with Crippen molar-refractivity contribution in [1.82, 2.24) is 0 Å². The molecule has 1 unspecified atom stereocenters. The van der Waals surface area contributed by atoms with Gasteiger partial charge in [-0.3, -0.25) is 0 Å². The van der Waals surface area contributed by atoms with Gasteiger partial charge >= 0.3 is 125 Å². The van der Waals surface area contributed by atoms with Gasteiger partial charge in [-0.25, -0.2) is 0 Å².